The summed E-state index contributed by atoms with van der Waals surface area (Å²) in [5, 5.41) is 9.49. The number of hydrogen-bond donors (Lipinski definition) is 1. The Balaban J connectivity index is 2.24. The van der Waals surface area contributed by atoms with Gasteiger partial charge in [-0.15, -0.1) is 0 Å². The number of rotatable bonds is 2. The van der Waals surface area contributed by atoms with Gasteiger partial charge in [0.1, 0.15) is 0 Å². The van der Waals surface area contributed by atoms with Gasteiger partial charge in [-0.05, 0) is 82.5 Å². The maximum atomic E-state index is 11.5. The van der Waals surface area contributed by atoms with Crippen LogP contribution in [-0.4, -0.2) is 11.1 Å². The first kappa shape index (κ1) is 17.3. The summed E-state index contributed by atoms with van der Waals surface area (Å²) >= 11 is 0. The number of carbonyl (C=O) groups is 1. The highest BCUT2D eigenvalue weighted by molar-refractivity contribution is 5.69. The molecule has 2 nitrogen and oxygen atoms in total. The van der Waals surface area contributed by atoms with Gasteiger partial charge in [0.2, 0.25) is 0 Å². The molecule has 1 fully saturated rings. The predicted molar refractivity (Wildman–Crippen MR) is 91.7 cm³/mol. The molecule has 1 N–H and O–H groups in total. The van der Waals surface area contributed by atoms with Crippen molar-refractivity contribution in [3.63, 3.8) is 0 Å². The van der Waals surface area contributed by atoms with E-state index in [9.17, 15) is 9.90 Å². The Morgan fingerprint density at radius 2 is 2.00 bits per heavy atom. The average Bonchev–Trinajstić information content (AvgIpc) is 2.75. The van der Waals surface area contributed by atoms with Crippen molar-refractivity contribution in [2.45, 2.75) is 72.1 Å². The molecule has 0 radical (unpaired) electrons. The van der Waals surface area contributed by atoms with Crippen LogP contribution in [0.25, 0.3) is 0 Å². The number of aliphatic carboxylic acids is 1. The number of hydrogen-bond acceptors (Lipinski definition) is 1. The van der Waals surface area contributed by atoms with Crippen LogP contribution in [0.2, 0.25) is 0 Å². The molecule has 0 saturated heterocycles. The maximum Gasteiger partial charge on any atom is 0.306 e. The highest BCUT2D eigenvalue weighted by atomic mass is 16.4. The van der Waals surface area contributed by atoms with Crippen LogP contribution in [0.5, 0.6) is 0 Å². The van der Waals surface area contributed by atoms with E-state index < -0.39 is 5.97 Å². The molecular weight excluding hydrogens is 272 g/mol. The second-order valence-electron chi connectivity index (χ2n) is 8.00. The lowest BCUT2D eigenvalue weighted by atomic mass is 9.70. The van der Waals surface area contributed by atoms with Gasteiger partial charge >= 0.3 is 5.97 Å². The Labute approximate surface area is 135 Å². The first-order valence-electron chi connectivity index (χ1n) is 8.87. The molecule has 2 aliphatic carbocycles. The highest BCUT2D eigenvalue weighted by Gasteiger charge is 2.44. The largest absolute Gasteiger partial charge is 0.481 e. The zero-order valence-corrected chi connectivity index (χ0v) is 14.5. The van der Waals surface area contributed by atoms with E-state index in [1.54, 1.807) is 0 Å². The lowest BCUT2D eigenvalue weighted by Crippen LogP contribution is -2.27. The second kappa shape index (κ2) is 7.02. The van der Waals surface area contributed by atoms with Gasteiger partial charge in [0, 0.05) is 0 Å². The third-order valence-electron chi connectivity index (χ3n) is 6.30. The second-order valence-corrected chi connectivity index (χ2v) is 8.00. The summed E-state index contributed by atoms with van der Waals surface area (Å²) in [7, 11) is 0. The molecule has 2 heteroatoms. The standard InChI is InChI=1S/C20H32O2/c1-14(2)17-11-13-20(4)12-10-16(19(21)22)7-5-6-15(3)8-9-18(17)20/h8,16-18H,1,5-7,9-13H2,2-4H3,(H,21,22)/b15-8-. The molecule has 4 unspecified atom stereocenters. The minimum absolute atomic E-state index is 0.160. The fourth-order valence-corrected chi connectivity index (χ4v) is 4.66. The Bertz CT molecular complexity index is 462. The molecule has 2 rings (SSSR count). The molecule has 0 aliphatic heterocycles. The van der Waals surface area contributed by atoms with Crippen molar-refractivity contribution in [3.05, 3.63) is 23.8 Å². The fraction of sp³-hybridized carbons (Fsp3) is 0.750. The molecular formula is C20H32O2. The molecule has 4 atom stereocenters. The zero-order valence-electron chi connectivity index (χ0n) is 14.5. The first-order chi connectivity index (χ1) is 10.3. The Morgan fingerprint density at radius 1 is 1.32 bits per heavy atom. The van der Waals surface area contributed by atoms with E-state index in [4.69, 9.17) is 0 Å². The van der Waals surface area contributed by atoms with Gasteiger partial charge in [0.05, 0.1) is 5.92 Å². The van der Waals surface area contributed by atoms with E-state index in [1.165, 1.54) is 24.0 Å². The van der Waals surface area contributed by atoms with Crippen LogP contribution in [0, 0.1) is 23.2 Å². The monoisotopic (exact) mass is 304 g/mol. The van der Waals surface area contributed by atoms with Gasteiger partial charge in [0.15, 0.2) is 0 Å². The van der Waals surface area contributed by atoms with Crippen molar-refractivity contribution in [1.29, 1.82) is 0 Å². The van der Waals surface area contributed by atoms with Gasteiger partial charge in [-0.25, -0.2) is 0 Å². The summed E-state index contributed by atoms with van der Waals surface area (Å²) in [5.41, 5.74) is 3.02. The van der Waals surface area contributed by atoms with E-state index in [2.05, 4.69) is 33.4 Å². The molecule has 0 amide bonds. The van der Waals surface area contributed by atoms with Gasteiger partial charge in [-0.1, -0.05) is 30.7 Å². The van der Waals surface area contributed by atoms with Crippen molar-refractivity contribution in [3.8, 4) is 0 Å². The predicted octanol–water partition coefficient (Wildman–Crippen LogP) is 5.60. The van der Waals surface area contributed by atoms with Crippen LogP contribution >= 0.6 is 0 Å². The van der Waals surface area contributed by atoms with E-state index >= 15 is 0 Å². The van der Waals surface area contributed by atoms with Crippen molar-refractivity contribution < 1.29 is 9.90 Å². The van der Waals surface area contributed by atoms with Gasteiger partial charge in [-0.2, -0.15) is 0 Å². The Kier molecular flexibility index (Phi) is 5.52. The highest BCUT2D eigenvalue weighted by Crippen LogP contribution is 2.54. The van der Waals surface area contributed by atoms with Crippen molar-refractivity contribution in [2.75, 3.05) is 0 Å². The van der Waals surface area contributed by atoms with Crippen LogP contribution in [0.4, 0.5) is 0 Å². The minimum Gasteiger partial charge on any atom is -0.481 e. The molecule has 22 heavy (non-hydrogen) atoms. The third-order valence-corrected chi connectivity index (χ3v) is 6.30. The third kappa shape index (κ3) is 3.83. The van der Waals surface area contributed by atoms with Crippen LogP contribution in [-0.2, 0) is 4.79 Å². The minimum atomic E-state index is -0.601. The summed E-state index contributed by atoms with van der Waals surface area (Å²) < 4.78 is 0. The lowest BCUT2D eigenvalue weighted by molar-refractivity contribution is -0.142. The number of allylic oxidation sites excluding steroid dienone is 3. The van der Waals surface area contributed by atoms with Crippen molar-refractivity contribution in [2.24, 2.45) is 23.2 Å². The molecule has 0 aromatic heterocycles. The Morgan fingerprint density at radius 3 is 2.64 bits per heavy atom. The molecule has 0 aromatic carbocycles. The van der Waals surface area contributed by atoms with E-state index in [1.807, 2.05) is 0 Å². The van der Waals surface area contributed by atoms with Crippen molar-refractivity contribution in [1.82, 2.24) is 0 Å². The van der Waals surface area contributed by atoms with Crippen LogP contribution < -0.4 is 0 Å². The zero-order chi connectivity index (χ0) is 16.3. The summed E-state index contributed by atoms with van der Waals surface area (Å²) in [6.07, 6.45) is 10.8. The van der Waals surface area contributed by atoms with Gasteiger partial charge < -0.3 is 5.11 Å². The number of carboxylic acids is 1. The van der Waals surface area contributed by atoms with Crippen molar-refractivity contribution >= 4 is 5.97 Å². The number of carboxylic acid groups (broad SMARTS) is 1. The summed E-state index contributed by atoms with van der Waals surface area (Å²) in [6, 6.07) is 0. The summed E-state index contributed by atoms with van der Waals surface area (Å²) in [5.74, 6) is 0.480. The van der Waals surface area contributed by atoms with Gasteiger partial charge in [-0.3, -0.25) is 4.79 Å². The topological polar surface area (TPSA) is 37.3 Å². The molecule has 0 aromatic rings. The van der Waals surface area contributed by atoms with E-state index in [-0.39, 0.29) is 11.3 Å². The quantitative estimate of drug-likeness (QED) is 0.674. The molecule has 0 spiro atoms. The van der Waals surface area contributed by atoms with E-state index in [0.29, 0.717) is 11.8 Å². The average molecular weight is 304 g/mol. The first-order valence-corrected chi connectivity index (χ1v) is 8.87. The Hall–Kier alpha value is -1.05. The normalized spacial score (nSPS) is 39.2. The maximum absolute atomic E-state index is 11.5. The molecule has 0 heterocycles. The molecule has 1 saturated carbocycles. The summed E-state index contributed by atoms with van der Waals surface area (Å²) in [4.78, 5) is 11.5. The fourth-order valence-electron chi connectivity index (χ4n) is 4.66. The number of fused-ring (bicyclic) bond motifs is 1. The van der Waals surface area contributed by atoms with Gasteiger partial charge in [0.25, 0.3) is 0 Å². The van der Waals surface area contributed by atoms with Crippen LogP contribution in [0.3, 0.4) is 0 Å². The lowest BCUT2D eigenvalue weighted by Gasteiger charge is -2.35. The summed E-state index contributed by atoms with van der Waals surface area (Å²) in [6.45, 7) is 11.0. The molecule has 0 bridgehead atoms. The van der Waals surface area contributed by atoms with Crippen LogP contribution in [0.1, 0.15) is 72.1 Å². The van der Waals surface area contributed by atoms with Crippen LogP contribution in [0.15, 0.2) is 23.8 Å². The smallest absolute Gasteiger partial charge is 0.306 e. The SMILES string of the molecule is C=C(C)C1CCC2(C)CCC(C(=O)O)CCC/C(C)=C\CC12. The van der Waals surface area contributed by atoms with E-state index in [0.717, 1.165) is 38.5 Å². The molecule has 2 aliphatic rings. The molecule has 124 valence electrons.